The SMILES string of the molecule is Oc1cccc2ccc3c(c12)-c1ccccc1C3c1cccc2c1ccc1ccccc12. The van der Waals surface area contributed by atoms with Gasteiger partial charge in [0.05, 0.1) is 0 Å². The fraction of sp³-hybridized carbons (Fsp3) is 0.0323. The van der Waals surface area contributed by atoms with E-state index in [-0.39, 0.29) is 5.92 Å². The standard InChI is InChI=1S/C31H20O/c32-28-14-5-8-20-16-18-27-30(25-10-3-4-11-26(25)31(27)29(20)28)24-13-6-12-22-21-9-2-1-7-19(21)15-17-23(22)24/h1-18,30,32H. The van der Waals surface area contributed by atoms with Crippen LogP contribution in [0.3, 0.4) is 0 Å². The molecule has 0 saturated heterocycles. The Labute approximate surface area is 186 Å². The first-order valence-electron chi connectivity index (χ1n) is 11.1. The molecule has 1 aliphatic rings. The molecular formula is C31H20O. The maximum absolute atomic E-state index is 10.8. The molecule has 0 heterocycles. The zero-order valence-corrected chi connectivity index (χ0v) is 17.4. The van der Waals surface area contributed by atoms with E-state index in [0.29, 0.717) is 5.75 Å². The van der Waals surface area contributed by atoms with E-state index >= 15 is 0 Å². The molecule has 1 unspecified atom stereocenters. The van der Waals surface area contributed by atoms with Gasteiger partial charge in [-0.1, -0.05) is 103 Å². The number of benzene rings is 6. The Bertz CT molecular complexity index is 1690. The van der Waals surface area contributed by atoms with Crippen molar-refractivity contribution in [3.8, 4) is 16.9 Å². The molecule has 1 nitrogen and oxygen atoms in total. The van der Waals surface area contributed by atoms with E-state index in [9.17, 15) is 5.11 Å². The van der Waals surface area contributed by atoms with E-state index in [4.69, 9.17) is 0 Å². The van der Waals surface area contributed by atoms with Crippen molar-refractivity contribution in [1.29, 1.82) is 0 Å². The van der Waals surface area contributed by atoms with E-state index in [2.05, 4.69) is 97.1 Å². The van der Waals surface area contributed by atoms with Crippen molar-refractivity contribution in [2.45, 2.75) is 5.92 Å². The van der Waals surface area contributed by atoms with Crippen LogP contribution in [0.5, 0.6) is 5.75 Å². The summed E-state index contributed by atoms with van der Waals surface area (Å²) in [5.74, 6) is 0.480. The molecule has 7 rings (SSSR count). The summed E-state index contributed by atoms with van der Waals surface area (Å²) in [6, 6.07) is 38.6. The Morgan fingerprint density at radius 3 is 2.16 bits per heavy atom. The minimum atomic E-state index is 0.134. The molecule has 1 N–H and O–H groups in total. The molecule has 1 atom stereocenters. The van der Waals surface area contributed by atoms with Crippen LogP contribution in [-0.2, 0) is 0 Å². The van der Waals surface area contributed by atoms with E-state index in [1.54, 1.807) is 6.07 Å². The van der Waals surface area contributed by atoms with Crippen molar-refractivity contribution in [3.05, 3.63) is 126 Å². The topological polar surface area (TPSA) is 20.2 Å². The second-order valence-corrected chi connectivity index (χ2v) is 8.65. The van der Waals surface area contributed by atoms with Gasteiger partial charge in [-0.25, -0.2) is 0 Å². The summed E-state index contributed by atoms with van der Waals surface area (Å²) in [5.41, 5.74) is 6.27. The second kappa shape index (κ2) is 6.45. The molecule has 0 spiro atoms. The smallest absolute Gasteiger partial charge is 0.124 e. The van der Waals surface area contributed by atoms with Gasteiger partial charge in [0, 0.05) is 11.3 Å². The molecular weight excluding hydrogens is 388 g/mol. The summed E-state index contributed by atoms with van der Waals surface area (Å²) in [5, 5.41) is 18.0. The first-order valence-corrected chi connectivity index (χ1v) is 11.1. The Kier molecular flexibility index (Phi) is 3.54. The summed E-state index contributed by atoms with van der Waals surface area (Å²) >= 11 is 0. The zero-order chi connectivity index (χ0) is 21.2. The summed E-state index contributed by atoms with van der Waals surface area (Å²) in [6.45, 7) is 0. The first-order chi connectivity index (χ1) is 15.8. The third-order valence-corrected chi connectivity index (χ3v) is 7.04. The quantitative estimate of drug-likeness (QED) is 0.273. The van der Waals surface area contributed by atoms with Crippen LogP contribution in [0, 0.1) is 0 Å². The predicted octanol–water partition coefficient (Wildman–Crippen LogP) is 8.01. The fourth-order valence-electron chi connectivity index (χ4n) is 5.70. The Balaban J connectivity index is 1.60. The lowest BCUT2D eigenvalue weighted by atomic mass is 9.85. The second-order valence-electron chi connectivity index (χ2n) is 8.65. The number of phenols is 1. The number of rotatable bonds is 1. The van der Waals surface area contributed by atoms with Gasteiger partial charge in [-0.05, 0) is 60.8 Å². The molecule has 32 heavy (non-hydrogen) atoms. The molecule has 0 aliphatic heterocycles. The maximum Gasteiger partial charge on any atom is 0.124 e. The van der Waals surface area contributed by atoms with Gasteiger partial charge in [0.15, 0.2) is 0 Å². The molecule has 1 heteroatoms. The Hall–Kier alpha value is -4.10. The van der Waals surface area contributed by atoms with Crippen molar-refractivity contribution in [2.75, 3.05) is 0 Å². The fourth-order valence-corrected chi connectivity index (χ4v) is 5.70. The molecule has 150 valence electrons. The summed E-state index contributed by atoms with van der Waals surface area (Å²) in [4.78, 5) is 0. The van der Waals surface area contributed by atoms with Crippen molar-refractivity contribution in [2.24, 2.45) is 0 Å². The lowest BCUT2D eigenvalue weighted by molar-refractivity contribution is 0.482. The summed E-state index contributed by atoms with van der Waals surface area (Å²) < 4.78 is 0. The molecule has 6 aromatic rings. The van der Waals surface area contributed by atoms with Crippen LogP contribution in [0.4, 0.5) is 0 Å². The Morgan fingerprint density at radius 2 is 1.19 bits per heavy atom. The summed E-state index contributed by atoms with van der Waals surface area (Å²) in [7, 11) is 0. The van der Waals surface area contributed by atoms with Crippen molar-refractivity contribution >= 4 is 32.3 Å². The number of fused-ring (bicyclic) bond motifs is 8. The highest BCUT2D eigenvalue weighted by Crippen LogP contribution is 2.53. The molecule has 1 aliphatic carbocycles. The van der Waals surface area contributed by atoms with Gasteiger partial charge >= 0.3 is 0 Å². The van der Waals surface area contributed by atoms with E-state index < -0.39 is 0 Å². The van der Waals surface area contributed by atoms with Gasteiger partial charge in [-0.2, -0.15) is 0 Å². The molecule has 0 saturated carbocycles. The average molecular weight is 409 g/mol. The highest BCUT2D eigenvalue weighted by molar-refractivity contribution is 6.10. The summed E-state index contributed by atoms with van der Waals surface area (Å²) in [6.07, 6.45) is 0. The van der Waals surface area contributed by atoms with Gasteiger partial charge in [0.2, 0.25) is 0 Å². The van der Waals surface area contributed by atoms with Crippen LogP contribution in [0.15, 0.2) is 109 Å². The number of phenolic OH excluding ortho intramolecular Hbond substituents is 1. The van der Waals surface area contributed by atoms with Gasteiger partial charge in [-0.3, -0.25) is 0 Å². The molecule has 0 aromatic heterocycles. The minimum Gasteiger partial charge on any atom is -0.507 e. The van der Waals surface area contributed by atoms with E-state index in [0.717, 1.165) is 10.8 Å². The normalized spacial score (nSPS) is 14.7. The number of hydrogen-bond donors (Lipinski definition) is 1. The molecule has 0 bridgehead atoms. The van der Waals surface area contributed by atoms with Gasteiger partial charge < -0.3 is 5.11 Å². The van der Waals surface area contributed by atoms with Gasteiger partial charge in [-0.15, -0.1) is 0 Å². The van der Waals surface area contributed by atoms with E-state index in [1.807, 2.05) is 6.07 Å². The molecule has 0 fully saturated rings. The average Bonchev–Trinajstić information content (AvgIpc) is 3.18. The van der Waals surface area contributed by atoms with Crippen molar-refractivity contribution in [1.82, 2.24) is 0 Å². The predicted molar refractivity (Wildman–Crippen MR) is 133 cm³/mol. The van der Waals surface area contributed by atoms with Crippen LogP contribution < -0.4 is 0 Å². The van der Waals surface area contributed by atoms with Gasteiger partial charge in [0.1, 0.15) is 5.75 Å². The molecule has 0 amide bonds. The Morgan fingerprint density at radius 1 is 0.469 bits per heavy atom. The minimum absolute atomic E-state index is 0.134. The third-order valence-electron chi connectivity index (χ3n) is 7.04. The van der Waals surface area contributed by atoms with E-state index in [1.165, 1.54) is 49.4 Å². The zero-order valence-electron chi connectivity index (χ0n) is 17.4. The van der Waals surface area contributed by atoms with Crippen LogP contribution in [0.2, 0.25) is 0 Å². The maximum atomic E-state index is 10.8. The molecule has 0 radical (unpaired) electrons. The van der Waals surface area contributed by atoms with Crippen LogP contribution in [-0.4, -0.2) is 5.11 Å². The lowest BCUT2D eigenvalue weighted by Gasteiger charge is -2.18. The van der Waals surface area contributed by atoms with Crippen LogP contribution in [0.1, 0.15) is 22.6 Å². The third kappa shape index (κ3) is 2.28. The highest BCUT2D eigenvalue weighted by atomic mass is 16.3. The van der Waals surface area contributed by atoms with Crippen LogP contribution >= 0.6 is 0 Å². The largest absolute Gasteiger partial charge is 0.507 e. The van der Waals surface area contributed by atoms with Gasteiger partial charge in [0.25, 0.3) is 0 Å². The van der Waals surface area contributed by atoms with Crippen LogP contribution in [0.25, 0.3) is 43.4 Å². The number of aromatic hydroxyl groups is 1. The van der Waals surface area contributed by atoms with Crippen molar-refractivity contribution in [3.63, 3.8) is 0 Å². The monoisotopic (exact) mass is 408 g/mol. The number of hydrogen-bond acceptors (Lipinski definition) is 1. The highest BCUT2D eigenvalue weighted by Gasteiger charge is 2.32. The molecule has 6 aromatic carbocycles. The van der Waals surface area contributed by atoms with Crippen molar-refractivity contribution < 1.29 is 5.11 Å². The lowest BCUT2D eigenvalue weighted by Crippen LogP contribution is -2.00. The first kappa shape index (κ1) is 17.6.